The summed E-state index contributed by atoms with van der Waals surface area (Å²) in [6.07, 6.45) is 7.35. The second-order valence-corrected chi connectivity index (χ2v) is 3.55. The number of benzene rings is 1. The van der Waals surface area contributed by atoms with Crippen LogP contribution < -0.4 is 4.74 Å². The summed E-state index contributed by atoms with van der Waals surface area (Å²) in [6, 6.07) is 6.20. The van der Waals surface area contributed by atoms with Gasteiger partial charge in [0.1, 0.15) is 12.4 Å². The Morgan fingerprint density at radius 1 is 1.33 bits per heavy atom. The second kappa shape index (κ2) is 4.99. The number of fused-ring (bicyclic) bond motifs is 1. The Labute approximate surface area is 90.5 Å². The summed E-state index contributed by atoms with van der Waals surface area (Å²) >= 11 is 0. The predicted octanol–water partition coefficient (Wildman–Crippen LogP) is 2.47. The Hall–Kier alpha value is -1.28. The molecular weight excluding hydrogens is 188 g/mol. The van der Waals surface area contributed by atoms with Gasteiger partial charge in [-0.3, -0.25) is 0 Å². The van der Waals surface area contributed by atoms with Gasteiger partial charge in [0.2, 0.25) is 0 Å². The van der Waals surface area contributed by atoms with E-state index >= 15 is 0 Å². The Morgan fingerprint density at radius 3 is 3.13 bits per heavy atom. The van der Waals surface area contributed by atoms with Crippen molar-refractivity contribution in [2.45, 2.75) is 12.8 Å². The van der Waals surface area contributed by atoms with Crippen LogP contribution >= 0.6 is 0 Å². The zero-order valence-electron chi connectivity index (χ0n) is 8.95. The highest BCUT2D eigenvalue weighted by atomic mass is 16.5. The summed E-state index contributed by atoms with van der Waals surface area (Å²) in [5, 5.41) is 0. The lowest BCUT2D eigenvalue weighted by molar-refractivity contribution is 0.146. The van der Waals surface area contributed by atoms with Crippen LogP contribution in [-0.4, -0.2) is 20.3 Å². The van der Waals surface area contributed by atoms with Crippen molar-refractivity contribution in [3.8, 4) is 5.75 Å². The number of allylic oxidation sites excluding steroid dienone is 1. The normalized spacial score (nSPS) is 13.7. The fourth-order valence-electron chi connectivity index (χ4n) is 1.66. The third kappa shape index (κ3) is 2.60. The van der Waals surface area contributed by atoms with Crippen LogP contribution in [0, 0.1) is 6.08 Å². The van der Waals surface area contributed by atoms with E-state index in [1.807, 2.05) is 6.07 Å². The molecule has 2 rings (SSSR count). The molecule has 0 unspecified atom stereocenters. The lowest BCUT2D eigenvalue weighted by atomic mass is 9.97. The zero-order chi connectivity index (χ0) is 10.5. The van der Waals surface area contributed by atoms with Crippen LogP contribution in [0.2, 0.25) is 0 Å². The summed E-state index contributed by atoms with van der Waals surface area (Å²) < 4.78 is 10.5. The smallest absolute Gasteiger partial charge is 0.119 e. The van der Waals surface area contributed by atoms with Crippen molar-refractivity contribution >= 4 is 6.08 Å². The van der Waals surface area contributed by atoms with Gasteiger partial charge < -0.3 is 9.47 Å². The average Bonchev–Trinajstić information content (AvgIpc) is 2.29. The summed E-state index contributed by atoms with van der Waals surface area (Å²) in [5.74, 6) is 0.932. The molecule has 0 heterocycles. The van der Waals surface area contributed by atoms with Crippen molar-refractivity contribution in [2.24, 2.45) is 0 Å². The van der Waals surface area contributed by atoms with Crippen LogP contribution in [0.3, 0.4) is 0 Å². The molecule has 0 aliphatic heterocycles. The van der Waals surface area contributed by atoms with E-state index in [0.717, 1.165) is 18.6 Å². The first-order valence-electron chi connectivity index (χ1n) is 5.21. The molecule has 0 saturated heterocycles. The second-order valence-electron chi connectivity index (χ2n) is 3.55. The topological polar surface area (TPSA) is 18.5 Å². The SMILES string of the molecule is COCCOc1ccc2c(c1)CC[C]=C2. The Morgan fingerprint density at radius 2 is 2.27 bits per heavy atom. The molecule has 2 heteroatoms. The van der Waals surface area contributed by atoms with Crippen LogP contribution in [-0.2, 0) is 11.2 Å². The molecule has 0 bridgehead atoms. The van der Waals surface area contributed by atoms with Gasteiger partial charge in [0.25, 0.3) is 0 Å². The van der Waals surface area contributed by atoms with Crippen LogP contribution in [0.25, 0.3) is 6.08 Å². The van der Waals surface area contributed by atoms with Crippen LogP contribution in [0.1, 0.15) is 17.5 Å². The Balaban J connectivity index is 2.04. The molecule has 1 aromatic carbocycles. The quantitative estimate of drug-likeness (QED) is 0.700. The van der Waals surface area contributed by atoms with Crippen molar-refractivity contribution in [2.75, 3.05) is 20.3 Å². The van der Waals surface area contributed by atoms with Crippen LogP contribution in [0.4, 0.5) is 0 Å². The minimum atomic E-state index is 0.608. The maximum atomic E-state index is 5.55. The van der Waals surface area contributed by atoms with Gasteiger partial charge in [0, 0.05) is 7.11 Å². The molecule has 1 aromatic rings. The Kier molecular flexibility index (Phi) is 3.41. The van der Waals surface area contributed by atoms with Gasteiger partial charge in [-0.1, -0.05) is 12.1 Å². The van der Waals surface area contributed by atoms with Crippen molar-refractivity contribution in [1.29, 1.82) is 0 Å². The lowest BCUT2D eigenvalue weighted by Crippen LogP contribution is -2.05. The van der Waals surface area contributed by atoms with Gasteiger partial charge in [-0.15, -0.1) is 0 Å². The fraction of sp³-hybridized carbons (Fsp3) is 0.385. The maximum Gasteiger partial charge on any atom is 0.119 e. The third-order valence-corrected chi connectivity index (χ3v) is 2.47. The molecule has 2 nitrogen and oxygen atoms in total. The first-order chi connectivity index (χ1) is 7.40. The van der Waals surface area contributed by atoms with E-state index in [2.05, 4.69) is 24.3 Å². The monoisotopic (exact) mass is 203 g/mol. The van der Waals surface area contributed by atoms with E-state index in [4.69, 9.17) is 9.47 Å². The molecule has 0 spiro atoms. The summed E-state index contributed by atoms with van der Waals surface area (Å²) in [4.78, 5) is 0. The largest absolute Gasteiger partial charge is 0.491 e. The molecule has 1 aliphatic rings. The first kappa shape index (κ1) is 10.2. The van der Waals surface area contributed by atoms with E-state index in [1.54, 1.807) is 7.11 Å². The van der Waals surface area contributed by atoms with Gasteiger partial charge in [0.15, 0.2) is 0 Å². The van der Waals surface area contributed by atoms with Gasteiger partial charge in [-0.25, -0.2) is 0 Å². The van der Waals surface area contributed by atoms with Crippen molar-refractivity contribution < 1.29 is 9.47 Å². The number of methoxy groups -OCH3 is 1. The van der Waals surface area contributed by atoms with Crippen molar-refractivity contribution in [1.82, 2.24) is 0 Å². The number of hydrogen-bond donors (Lipinski definition) is 0. The van der Waals surface area contributed by atoms with Gasteiger partial charge in [-0.05, 0) is 42.2 Å². The summed E-state index contributed by atoms with van der Waals surface area (Å²) in [7, 11) is 1.68. The molecule has 0 N–H and O–H groups in total. The van der Waals surface area contributed by atoms with Gasteiger partial charge in [0.05, 0.1) is 6.61 Å². The first-order valence-corrected chi connectivity index (χ1v) is 5.21. The molecular formula is C13H15O2. The van der Waals surface area contributed by atoms with E-state index in [1.165, 1.54) is 11.1 Å². The fourth-order valence-corrected chi connectivity index (χ4v) is 1.66. The predicted molar refractivity (Wildman–Crippen MR) is 59.8 cm³/mol. The zero-order valence-corrected chi connectivity index (χ0v) is 8.95. The minimum Gasteiger partial charge on any atom is -0.491 e. The van der Waals surface area contributed by atoms with Gasteiger partial charge in [-0.2, -0.15) is 0 Å². The molecule has 0 saturated carbocycles. The highest BCUT2D eigenvalue weighted by Gasteiger charge is 2.05. The molecule has 15 heavy (non-hydrogen) atoms. The number of aryl methyl sites for hydroxylation is 1. The van der Waals surface area contributed by atoms with Crippen LogP contribution in [0.15, 0.2) is 18.2 Å². The van der Waals surface area contributed by atoms with Crippen LogP contribution in [0.5, 0.6) is 5.75 Å². The number of hydrogen-bond acceptors (Lipinski definition) is 2. The van der Waals surface area contributed by atoms with E-state index < -0.39 is 0 Å². The lowest BCUT2D eigenvalue weighted by Gasteiger charge is -2.12. The van der Waals surface area contributed by atoms with Crippen molar-refractivity contribution in [3.63, 3.8) is 0 Å². The van der Waals surface area contributed by atoms with E-state index in [9.17, 15) is 0 Å². The third-order valence-electron chi connectivity index (χ3n) is 2.47. The molecule has 0 aromatic heterocycles. The molecule has 1 radical (unpaired) electrons. The highest BCUT2D eigenvalue weighted by Crippen LogP contribution is 2.23. The minimum absolute atomic E-state index is 0.608. The summed E-state index contributed by atoms with van der Waals surface area (Å²) in [6.45, 7) is 1.24. The molecule has 1 aliphatic carbocycles. The maximum absolute atomic E-state index is 5.55. The van der Waals surface area contributed by atoms with Gasteiger partial charge >= 0.3 is 0 Å². The Bertz CT molecular complexity index is 356. The van der Waals surface area contributed by atoms with E-state index in [0.29, 0.717) is 13.2 Å². The summed E-state index contributed by atoms with van der Waals surface area (Å²) in [5.41, 5.74) is 2.61. The average molecular weight is 203 g/mol. The molecule has 0 amide bonds. The van der Waals surface area contributed by atoms with Crippen molar-refractivity contribution in [3.05, 3.63) is 35.4 Å². The molecule has 0 fully saturated rings. The molecule has 0 atom stereocenters. The highest BCUT2D eigenvalue weighted by molar-refractivity contribution is 5.56. The number of ether oxygens (including phenoxy) is 2. The molecule has 79 valence electrons. The standard InChI is InChI=1S/C13H15O2/c1-14-8-9-15-13-7-6-11-4-2-3-5-12(11)10-13/h4,6-7,10H,3,5,8-9H2,1H3. The number of rotatable bonds is 4. The van der Waals surface area contributed by atoms with E-state index in [-0.39, 0.29) is 0 Å².